The van der Waals surface area contributed by atoms with Crippen LogP contribution in [-0.4, -0.2) is 21.8 Å². The monoisotopic (exact) mass is 458 g/mol. The number of halogens is 1. The van der Waals surface area contributed by atoms with Gasteiger partial charge in [-0.05, 0) is 41.8 Å². The Morgan fingerprint density at radius 2 is 1.53 bits per heavy atom. The van der Waals surface area contributed by atoms with Gasteiger partial charge in [-0.15, -0.1) is 0 Å². The smallest absolute Gasteiger partial charge is 0.272 e. The van der Waals surface area contributed by atoms with Crippen LogP contribution in [0.2, 0.25) is 0 Å². The first kappa shape index (κ1) is 19.8. The van der Waals surface area contributed by atoms with Gasteiger partial charge in [-0.25, -0.2) is 5.43 Å². The van der Waals surface area contributed by atoms with Gasteiger partial charge in [-0.1, -0.05) is 82.7 Å². The summed E-state index contributed by atoms with van der Waals surface area (Å²) in [6.45, 7) is 1.84. The fraction of sp³-hybridized carbons (Fsp3) is 0.0417. The minimum atomic E-state index is -0.342. The molecule has 4 aromatic rings. The molecule has 6 heteroatoms. The van der Waals surface area contributed by atoms with Crippen LogP contribution < -0.4 is 5.43 Å². The zero-order valence-corrected chi connectivity index (χ0v) is 17.8. The summed E-state index contributed by atoms with van der Waals surface area (Å²) in [5.41, 5.74) is 8.49. The summed E-state index contributed by atoms with van der Waals surface area (Å²) in [5, 5.41) is 11.2. The lowest BCUT2D eigenvalue weighted by Gasteiger charge is -2.02. The minimum Gasteiger partial charge on any atom is -0.272 e. The maximum Gasteiger partial charge on any atom is 0.289 e. The van der Waals surface area contributed by atoms with Crippen LogP contribution in [0.15, 0.2) is 94.5 Å². The zero-order chi connectivity index (χ0) is 20.9. The molecule has 5 nitrogen and oxygen atoms in total. The van der Waals surface area contributed by atoms with Gasteiger partial charge in [0.2, 0.25) is 0 Å². The number of aromatic nitrogens is 2. The van der Waals surface area contributed by atoms with E-state index in [0.29, 0.717) is 17.1 Å². The van der Waals surface area contributed by atoms with Crippen molar-refractivity contribution in [1.82, 2.24) is 15.6 Å². The maximum atomic E-state index is 12.4. The molecule has 0 spiro atoms. The number of hydrazone groups is 1. The quantitative estimate of drug-likeness (QED) is 0.299. The van der Waals surface area contributed by atoms with Crippen LogP contribution in [0.25, 0.3) is 22.4 Å². The van der Waals surface area contributed by atoms with Gasteiger partial charge < -0.3 is 0 Å². The van der Waals surface area contributed by atoms with Crippen molar-refractivity contribution >= 4 is 27.5 Å². The second-order valence-corrected chi connectivity index (χ2v) is 7.67. The largest absolute Gasteiger partial charge is 0.289 e. The molecule has 1 aromatic heterocycles. The molecule has 0 unspecified atom stereocenters. The van der Waals surface area contributed by atoms with Crippen molar-refractivity contribution < 1.29 is 4.79 Å². The van der Waals surface area contributed by atoms with Crippen molar-refractivity contribution in [1.29, 1.82) is 0 Å². The van der Waals surface area contributed by atoms with Crippen molar-refractivity contribution in [2.45, 2.75) is 6.92 Å². The Morgan fingerprint density at radius 3 is 2.23 bits per heavy atom. The highest BCUT2D eigenvalue weighted by Gasteiger charge is 2.11. The summed E-state index contributed by atoms with van der Waals surface area (Å²) in [7, 11) is 0. The SMILES string of the molecule is C/C(=N\NC(=O)c1cc(-c2ccc(-c3ccccc3)cc2)n[nH]1)c1ccc(Br)cc1. The molecule has 1 heterocycles. The lowest BCUT2D eigenvalue weighted by molar-refractivity contribution is 0.0950. The number of benzene rings is 3. The summed E-state index contributed by atoms with van der Waals surface area (Å²) in [4.78, 5) is 12.4. The number of carbonyl (C=O) groups is 1. The highest BCUT2D eigenvalue weighted by molar-refractivity contribution is 9.10. The number of rotatable bonds is 5. The lowest BCUT2D eigenvalue weighted by atomic mass is 10.0. The Labute approximate surface area is 183 Å². The topological polar surface area (TPSA) is 70.1 Å². The van der Waals surface area contributed by atoms with E-state index in [4.69, 9.17) is 0 Å². The predicted molar refractivity (Wildman–Crippen MR) is 123 cm³/mol. The molecule has 3 aromatic carbocycles. The molecule has 0 saturated carbocycles. The first-order valence-corrected chi connectivity index (χ1v) is 10.2. The molecule has 0 aliphatic carbocycles. The molecule has 0 bridgehead atoms. The van der Waals surface area contributed by atoms with Gasteiger partial charge in [0.15, 0.2) is 0 Å². The van der Waals surface area contributed by atoms with E-state index in [0.717, 1.165) is 26.7 Å². The van der Waals surface area contributed by atoms with E-state index < -0.39 is 0 Å². The normalized spacial score (nSPS) is 11.3. The molecule has 0 aliphatic heterocycles. The molecule has 0 aliphatic rings. The molecule has 148 valence electrons. The second kappa shape index (κ2) is 8.88. The Kier molecular flexibility index (Phi) is 5.86. The zero-order valence-electron chi connectivity index (χ0n) is 16.3. The van der Waals surface area contributed by atoms with Crippen LogP contribution in [0.4, 0.5) is 0 Å². The number of nitrogens with one attached hydrogen (secondary N) is 2. The maximum absolute atomic E-state index is 12.4. The van der Waals surface area contributed by atoms with E-state index in [1.165, 1.54) is 0 Å². The first-order valence-electron chi connectivity index (χ1n) is 9.42. The highest BCUT2D eigenvalue weighted by Crippen LogP contribution is 2.24. The summed E-state index contributed by atoms with van der Waals surface area (Å²) >= 11 is 3.40. The van der Waals surface area contributed by atoms with E-state index in [-0.39, 0.29) is 5.91 Å². The molecule has 0 atom stereocenters. The van der Waals surface area contributed by atoms with Gasteiger partial charge in [-0.2, -0.15) is 10.2 Å². The standard InChI is InChI=1S/C24H19BrN4O/c1-16(17-11-13-21(25)14-12-17)26-29-24(30)23-15-22(27-28-23)20-9-7-19(8-10-20)18-5-3-2-4-6-18/h2-15H,1H3,(H,27,28)(H,29,30)/b26-16+. The number of carbonyl (C=O) groups excluding carboxylic acids is 1. The number of aromatic amines is 1. The molecule has 0 fully saturated rings. The first-order chi connectivity index (χ1) is 14.6. The summed E-state index contributed by atoms with van der Waals surface area (Å²) in [6.07, 6.45) is 0. The summed E-state index contributed by atoms with van der Waals surface area (Å²) < 4.78 is 0.991. The molecular formula is C24H19BrN4O. The van der Waals surface area contributed by atoms with Crippen molar-refractivity contribution in [3.63, 3.8) is 0 Å². The van der Waals surface area contributed by atoms with Gasteiger partial charge >= 0.3 is 0 Å². The molecule has 30 heavy (non-hydrogen) atoms. The van der Waals surface area contributed by atoms with Crippen LogP contribution in [0, 0.1) is 0 Å². The molecule has 4 rings (SSSR count). The predicted octanol–water partition coefficient (Wildman–Crippen LogP) is 5.66. The minimum absolute atomic E-state index is 0.342. The highest BCUT2D eigenvalue weighted by atomic mass is 79.9. The molecule has 0 saturated heterocycles. The molecule has 1 amide bonds. The number of amides is 1. The molecule has 2 N–H and O–H groups in total. The van der Waals surface area contributed by atoms with E-state index in [1.807, 2.05) is 73.7 Å². The van der Waals surface area contributed by atoms with Crippen molar-refractivity contribution in [2.24, 2.45) is 5.10 Å². The fourth-order valence-electron chi connectivity index (χ4n) is 3.00. The average molecular weight is 459 g/mol. The fourth-order valence-corrected chi connectivity index (χ4v) is 3.26. The Morgan fingerprint density at radius 1 is 0.900 bits per heavy atom. The van der Waals surface area contributed by atoms with E-state index in [2.05, 4.69) is 48.8 Å². The lowest BCUT2D eigenvalue weighted by Crippen LogP contribution is -2.19. The van der Waals surface area contributed by atoms with Crippen LogP contribution in [0.3, 0.4) is 0 Å². The van der Waals surface area contributed by atoms with Crippen LogP contribution in [0.1, 0.15) is 23.0 Å². The van der Waals surface area contributed by atoms with Gasteiger partial charge in [-0.3, -0.25) is 9.89 Å². The second-order valence-electron chi connectivity index (χ2n) is 6.76. The number of hydrogen-bond donors (Lipinski definition) is 2. The third-order valence-corrected chi connectivity index (χ3v) is 5.23. The van der Waals surface area contributed by atoms with Crippen molar-refractivity contribution in [2.75, 3.05) is 0 Å². The van der Waals surface area contributed by atoms with E-state index >= 15 is 0 Å². The third kappa shape index (κ3) is 4.55. The summed E-state index contributed by atoms with van der Waals surface area (Å²) in [5.74, 6) is -0.342. The van der Waals surface area contributed by atoms with Crippen molar-refractivity contribution in [3.05, 3.63) is 101 Å². The summed E-state index contributed by atoms with van der Waals surface area (Å²) in [6, 6.07) is 27.7. The number of hydrogen-bond acceptors (Lipinski definition) is 3. The van der Waals surface area contributed by atoms with E-state index in [1.54, 1.807) is 6.07 Å². The molecular weight excluding hydrogens is 440 g/mol. The van der Waals surface area contributed by atoms with Crippen molar-refractivity contribution in [3.8, 4) is 22.4 Å². The van der Waals surface area contributed by atoms with Crippen LogP contribution in [-0.2, 0) is 0 Å². The third-order valence-electron chi connectivity index (χ3n) is 4.70. The number of nitrogens with zero attached hydrogens (tertiary/aromatic N) is 2. The van der Waals surface area contributed by atoms with Gasteiger partial charge in [0, 0.05) is 10.0 Å². The molecule has 0 radical (unpaired) electrons. The van der Waals surface area contributed by atoms with E-state index in [9.17, 15) is 4.79 Å². The van der Waals surface area contributed by atoms with Crippen LogP contribution >= 0.6 is 15.9 Å². The average Bonchev–Trinajstić information content (AvgIpc) is 3.29. The van der Waals surface area contributed by atoms with Gasteiger partial charge in [0.25, 0.3) is 5.91 Å². The van der Waals surface area contributed by atoms with Crippen LogP contribution in [0.5, 0.6) is 0 Å². The Bertz CT molecular complexity index is 1180. The van der Waals surface area contributed by atoms with Gasteiger partial charge in [0.05, 0.1) is 11.4 Å². The number of H-pyrrole nitrogens is 1. The Hall–Kier alpha value is -3.51. The van der Waals surface area contributed by atoms with Gasteiger partial charge in [0.1, 0.15) is 5.69 Å². The Balaban J connectivity index is 1.45.